The molecule has 0 aliphatic carbocycles. The largest absolute Gasteiger partial charge is 0.497 e. The van der Waals surface area contributed by atoms with Crippen LogP contribution in [0.15, 0.2) is 51.7 Å². The first-order chi connectivity index (χ1) is 12.2. The van der Waals surface area contributed by atoms with Gasteiger partial charge in [0, 0.05) is 29.8 Å². The lowest BCUT2D eigenvalue weighted by molar-refractivity contribution is 0.414. The van der Waals surface area contributed by atoms with Crippen LogP contribution in [-0.2, 0) is 6.42 Å². The summed E-state index contributed by atoms with van der Waals surface area (Å²) in [6.07, 6.45) is 2.01. The Morgan fingerprint density at radius 2 is 1.72 bits per heavy atom. The third-order valence-corrected chi connectivity index (χ3v) is 4.63. The van der Waals surface area contributed by atoms with E-state index in [4.69, 9.17) is 13.9 Å². The van der Waals surface area contributed by atoms with Crippen LogP contribution in [0.5, 0.6) is 11.5 Å². The Kier molecular flexibility index (Phi) is 3.84. The second kappa shape index (κ2) is 6.16. The standard InChI is InChI=1S/C20H19NO4/c1-23-14-6-8-17-13(10-14)4-3-9-21(17)18-12-20(22)25-19-11-15(24-2)5-7-16(18)19/h5-8,10-12H,3-4,9H2,1-2H3. The number of methoxy groups -OCH3 is 2. The van der Waals surface area contributed by atoms with Crippen LogP contribution in [0, 0.1) is 0 Å². The van der Waals surface area contributed by atoms with Crippen LogP contribution in [0.4, 0.5) is 11.4 Å². The predicted molar refractivity (Wildman–Crippen MR) is 97.4 cm³/mol. The highest BCUT2D eigenvalue weighted by Gasteiger charge is 2.21. The van der Waals surface area contributed by atoms with Crippen molar-refractivity contribution in [1.82, 2.24) is 0 Å². The van der Waals surface area contributed by atoms with Crippen LogP contribution in [-0.4, -0.2) is 20.8 Å². The lowest BCUT2D eigenvalue weighted by atomic mass is 10.00. The fraction of sp³-hybridized carbons (Fsp3) is 0.250. The summed E-state index contributed by atoms with van der Waals surface area (Å²) in [6.45, 7) is 0.851. The highest BCUT2D eigenvalue weighted by Crippen LogP contribution is 2.38. The van der Waals surface area contributed by atoms with Gasteiger partial charge in [0.05, 0.1) is 19.9 Å². The third-order valence-electron chi connectivity index (χ3n) is 4.63. The molecule has 4 rings (SSSR count). The van der Waals surface area contributed by atoms with Crippen LogP contribution >= 0.6 is 0 Å². The number of aryl methyl sites for hydroxylation is 1. The van der Waals surface area contributed by atoms with E-state index in [0.29, 0.717) is 11.3 Å². The number of ether oxygens (including phenoxy) is 2. The van der Waals surface area contributed by atoms with Crippen molar-refractivity contribution in [3.63, 3.8) is 0 Å². The first-order valence-electron chi connectivity index (χ1n) is 8.26. The molecule has 0 bridgehead atoms. The van der Waals surface area contributed by atoms with Gasteiger partial charge in [-0.15, -0.1) is 0 Å². The summed E-state index contributed by atoms with van der Waals surface area (Å²) in [5.74, 6) is 1.51. The highest BCUT2D eigenvalue weighted by atomic mass is 16.5. The Hall–Kier alpha value is -2.95. The van der Waals surface area contributed by atoms with Gasteiger partial charge < -0.3 is 18.8 Å². The van der Waals surface area contributed by atoms with E-state index in [1.54, 1.807) is 26.4 Å². The molecule has 128 valence electrons. The molecule has 0 radical (unpaired) electrons. The third kappa shape index (κ3) is 2.71. The Bertz CT molecular complexity index is 993. The molecule has 1 aromatic heterocycles. The van der Waals surface area contributed by atoms with Crippen LogP contribution in [0.2, 0.25) is 0 Å². The molecule has 1 aliphatic rings. The lowest BCUT2D eigenvalue weighted by Gasteiger charge is -2.32. The van der Waals surface area contributed by atoms with E-state index in [9.17, 15) is 4.79 Å². The van der Waals surface area contributed by atoms with Gasteiger partial charge in [0.15, 0.2) is 0 Å². The van der Waals surface area contributed by atoms with E-state index in [1.165, 1.54) is 5.56 Å². The fourth-order valence-corrected chi connectivity index (χ4v) is 3.43. The van der Waals surface area contributed by atoms with Crippen molar-refractivity contribution >= 4 is 22.3 Å². The van der Waals surface area contributed by atoms with Gasteiger partial charge in [-0.3, -0.25) is 0 Å². The van der Waals surface area contributed by atoms with Crippen molar-refractivity contribution in [3.8, 4) is 11.5 Å². The number of rotatable bonds is 3. The smallest absolute Gasteiger partial charge is 0.338 e. The quantitative estimate of drug-likeness (QED) is 0.679. The van der Waals surface area contributed by atoms with Crippen LogP contribution in [0.1, 0.15) is 12.0 Å². The summed E-state index contributed by atoms with van der Waals surface area (Å²) in [5, 5.41) is 0.893. The molecule has 0 amide bonds. The molecule has 1 aliphatic heterocycles. The molecule has 0 unspecified atom stereocenters. The van der Waals surface area contributed by atoms with E-state index in [1.807, 2.05) is 18.2 Å². The van der Waals surface area contributed by atoms with Crippen LogP contribution < -0.4 is 20.0 Å². The summed E-state index contributed by atoms with van der Waals surface area (Å²) in [5.41, 5.74) is 3.36. The Labute approximate surface area is 145 Å². The minimum Gasteiger partial charge on any atom is -0.497 e. The highest BCUT2D eigenvalue weighted by molar-refractivity contribution is 5.93. The number of hydrogen-bond acceptors (Lipinski definition) is 5. The lowest BCUT2D eigenvalue weighted by Crippen LogP contribution is -2.25. The van der Waals surface area contributed by atoms with Gasteiger partial charge >= 0.3 is 5.63 Å². The monoisotopic (exact) mass is 337 g/mol. The van der Waals surface area contributed by atoms with E-state index >= 15 is 0 Å². The number of benzene rings is 2. The maximum absolute atomic E-state index is 12.1. The maximum atomic E-state index is 12.1. The van der Waals surface area contributed by atoms with E-state index < -0.39 is 0 Å². The van der Waals surface area contributed by atoms with Gasteiger partial charge in [0.1, 0.15) is 17.1 Å². The van der Waals surface area contributed by atoms with Crippen LogP contribution in [0.3, 0.4) is 0 Å². The van der Waals surface area contributed by atoms with E-state index in [2.05, 4.69) is 17.0 Å². The summed E-state index contributed by atoms with van der Waals surface area (Å²) < 4.78 is 16.0. The Balaban J connectivity index is 1.90. The fourth-order valence-electron chi connectivity index (χ4n) is 3.43. The van der Waals surface area contributed by atoms with Gasteiger partial charge in [0.25, 0.3) is 0 Å². The van der Waals surface area contributed by atoms with Gasteiger partial charge in [-0.05, 0) is 48.7 Å². The molecular weight excluding hydrogens is 318 g/mol. The average molecular weight is 337 g/mol. The molecule has 0 spiro atoms. The molecule has 5 nitrogen and oxygen atoms in total. The van der Waals surface area contributed by atoms with Crippen molar-refractivity contribution in [2.45, 2.75) is 12.8 Å². The SMILES string of the molecule is COc1ccc2c(c1)CCCN2c1cc(=O)oc2cc(OC)ccc12. The second-order valence-corrected chi connectivity index (χ2v) is 6.06. The number of anilines is 2. The van der Waals surface area contributed by atoms with Crippen LogP contribution in [0.25, 0.3) is 11.0 Å². The summed E-state index contributed by atoms with van der Waals surface area (Å²) in [7, 11) is 3.27. The summed E-state index contributed by atoms with van der Waals surface area (Å²) >= 11 is 0. The molecule has 0 N–H and O–H groups in total. The van der Waals surface area contributed by atoms with E-state index in [-0.39, 0.29) is 5.63 Å². The van der Waals surface area contributed by atoms with Gasteiger partial charge in [-0.2, -0.15) is 0 Å². The number of fused-ring (bicyclic) bond motifs is 2. The zero-order valence-electron chi connectivity index (χ0n) is 14.2. The molecule has 2 aromatic carbocycles. The normalized spacial score (nSPS) is 13.6. The molecule has 3 aromatic rings. The maximum Gasteiger partial charge on any atom is 0.338 e. The Morgan fingerprint density at radius 3 is 2.52 bits per heavy atom. The van der Waals surface area contributed by atoms with Crippen molar-refractivity contribution in [2.75, 3.05) is 25.7 Å². The molecule has 0 saturated heterocycles. The van der Waals surface area contributed by atoms with Crippen molar-refractivity contribution in [3.05, 3.63) is 58.4 Å². The van der Waals surface area contributed by atoms with Gasteiger partial charge in [0.2, 0.25) is 0 Å². The molecule has 0 atom stereocenters. The topological polar surface area (TPSA) is 51.9 Å². The van der Waals surface area contributed by atoms with Gasteiger partial charge in [-0.1, -0.05) is 0 Å². The first kappa shape index (κ1) is 15.6. The predicted octanol–water partition coefficient (Wildman–Crippen LogP) is 3.89. The number of hydrogen-bond donors (Lipinski definition) is 0. The zero-order valence-corrected chi connectivity index (χ0v) is 14.2. The summed E-state index contributed by atoms with van der Waals surface area (Å²) in [4.78, 5) is 14.3. The van der Waals surface area contributed by atoms with E-state index in [0.717, 1.165) is 41.9 Å². The summed E-state index contributed by atoms with van der Waals surface area (Å²) in [6, 6.07) is 13.2. The molecule has 0 fully saturated rings. The first-order valence-corrected chi connectivity index (χ1v) is 8.26. The average Bonchev–Trinajstić information content (AvgIpc) is 2.65. The molecule has 25 heavy (non-hydrogen) atoms. The second-order valence-electron chi connectivity index (χ2n) is 6.06. The minimum atomic E-state index is -0.364. The Morgan fingerprint density at radius 1 is 0.960 bits per heavy atom. The zero-order chi connectivity index (χ0) is 17.4. The van der Waals surface area contributed by atoms with Crippen molar-refractivity contribution < 1.29 is 13.9 Å². The van der Waals surface area contributed by atoms with Crippen molar-refractivity contribution in [1.29, 1.82) is 0 Å². The molecular formula is C20H19NO4. The van der Waals surface area contributed by atoms with Crippen molar-refractivity contribution in [2.24, 2.45) is 0 Å². The minimum absolute atomic E-state index is 0.364. The molecule has 5 heteroatoms. The molecule has 2 heterocycles. The van der Waals surface area contributed by atoms with Gasteiger partial charge in [-0.25, -0.2) is 4.79 Å². The molecule has 0 saturated carbocycles. The number of nitrogens with zero attached hydrogens (tertiary/aromatic N) is 1.